The molecule has 0 aliphatic carbocycles. The van der Waals surface area contributed by atoms with Crippen LogP contribution in [0.5, 0.6) is 0 Å². The average Bonchev–Trinajstić information content (AvgIpc) is 2.02. The molecule has 1 heterocycles. The SMILES string of the molecule is CC(C)(C)Nc1ncccc1CO. The molecule has 13 heavy (non-hydrogen) atoms. The van der Waals surface area contributed by atoms with Crippen molar-refractivity contribution in [2.45, 2.75) is 32.9 Å². The Morgan fingerprint density at radius 3 is 2.69 bits per heavy atom. The van der Waals surface area contributed by atoms with E-state index >= 15 is 0 Å². The van der Waals surface area contributed by atoms with E-state index < -0.39 is 0 Å². The van der Waals surface area contributed by atoms with Crippen LogP contribution >= 0.6 is 0 Å². The number of nitrogens with one attached hydrogen (secondary N) is 1. The van der Waals surface area contributed by atoms with Gasteiger partial charge < -0.3 is 10.4 Å². The molecule has 0 saturated heterocycles. The molecule has 72 valence electrons. The smallest absolute Gasteiger partial charge is 0.131 e. The van der Waals surface area contributed by atoms with Gasteiger partial charge in [0, 0.05) is 17.3 Å². The fourth-order valence-electron chi connectivity index (χ4n) is 1.03. The molecule has 1 rings (SSSR count). The quantitative estimate of drug-likeness (QED) is 0.729. The van der Waals surface area contributed by atoms with E-state index in [0.29, 0.717) is 0 Å². The molecule has 0 atom stereocenters. The Kier molecular flexibility index (Phi) is 2.88. The molecule has 0 spiro atoms. The first-order valence-corrected chi connectivity index (χ1v) is 4.36. The molecule has 0 bridgehead atoms. The lowest BCUT2D eigenvalue weighted by Crippen LogP contribution is -2.27. The maximum atomic E-state index is 9.04. The molecule has 0 aliphatic rings. The highest BCUT2D eigenvalue weighted by molar-refractivity contribution is 5.44. The third-order valence-corrected chi connectivity index (χ3v) is 1.56. The highest BCUT2D eigenvalue weighted by Crippen LogP contribution is 2.16. The lowest BCUT2D eigenvalue weighted by Gasteiger charge is -2.22. The summed E-state index contributed by atoms with van der Waals surface area (Å²) in [5.74, 6) is 0.762. The second-order valence-electron chi connectivity index (χ2n) is 4.04. The molecule has 0 unspecified atom stereocenters. The summed E-state index contributed by atoms with van der Waals surface area (Å²) in [6.45, 7) is 6.20. The topological polar surface area (TPSA) is 45.2 Å². The number of rotatable bonds is 2. The molecular formula is C10H16N2O. The Bertz CT molecular complexity index is 278. The van der Waals surface area contributed by atoms with Crippen LogP contribution in [0.25, 0.3) is 0 Å². The predicted octanol–water partition coefficient (Wildman–Crippen LogP) is 1.78. The molecule has 0 aromatic carbocycles. The summed E-state index contributed by atoms with van der Waals surface area (Å²) in [5.41, 5.74) is 0.801. The summed E-state index contributed by atoms with van der Waals surface area (Å²) >= 11 is 0. The van der Waals surface area contributed by atoms with Crippen LogP contribution in [-0.2, 0) is 6.61 Å². The minimum absolute atomic E-state index is 0.0201. The van der Waals surface area contributed by atoms with Crippen LogP contribution in [0.15, 0.2) is 18.3 Å². The molecule has 2 N–H and O–H groups in total. The monoisotopic (exact) mass is 180 g/mol. The number of aliphatic hydroxyl groups is 1. The van der Waals surface area contributed by atoms with Gasteiger partial charge in [0.1, 0.15) is 5.82 Å². The summed E-state index contributed by atoms with van der Waals surface area (Å²) in [7, 11) is 0. The summed E-state index contributed by atoms with van der Waals surface area (Å²) < 4.78 is 0. The summed E-state index contributed by atoms with van der Waals surface area (Å²) in [5, 5.41) is 12.3. The summed E-state index contributed by atoms with van der Waals surface area (Å²) in [6, 6.07) is 3.68. The molecule has 0 saturated carbocycles. The second kappa shape index (κ2) is 3.75. The predicted molar refractivity (Wildman–Crippen MR) is 53.5 cm³/mol. The van der Waals surface area contributed by atoms with Crippen LogP contribution in [0.1, 0.15) is 26.3 Å². The van der Waals surface area contributed by atoms with Gasteiger partial charge in [-0.15, -0.1) is 0 Å². The van der Waals surface area contributed by atoms with Crippen molar-refractivity contribution in [1.29, 1.82) is 0 Å². The molecule has 3 nitrogen and oxygen atoms in total. The minimum Gasteiger partial charge on any atom is -0.392 e. The first-order chi connectivity index (χ1) is 6.03. The minimum atomic E-state index is -0.0295. The van der Waals surface area contributed by atoms with Gasteiger partial charge in [0.25, 0.3) is 0 Å². The van der Waals surface area contributed by atoms with Crippen LogP contribution < -0.4 is 5.32 Å². The summed E-state index contributed by atoms with van der Waals surface area (Å²) in [6.07, 6.45) is 1.72. The number of nitrogens with zero attached hydrogens (tertiary/aromatic N) is 1. The van der Waals surface area contributed by atoms with E-state index in [9.17, 15) is 0 Å². The molecule has 0 fully saturated rings. The van der Waals surface area contributed by atoms with E-state index in [4.69, 9.17) is 5.11 Å². The van der Waals surface area contributed by atoms with Crippen molar-refractivity contribution in [2.75, 3.05) is 5.32 Å². The van der Waals surface area contributed by atoms with Gasteiger partial charge in [0.15, 0.2) is 0 Å². The Hall–Kier alpha value is -1.09. The van der Waals surface area contributed by atoms with Crippen LogP contribution in [0.3, 0.4) is 0 Å². The molecular weight excluding hydrogens is 164 g/mol. The largest absolute Gasteiger partial charge is 0.392 e. The molecule has 0 amide bonds. The van der Waals surface area contributed by atoms with Crippen molar-refractivity contribution in [3.63, 3.8) is 0 Å². The highest BCUT2D eigenvalue weighted by atomic mass is 16.3. The first kappa shape index (κ1) is 9.99. The standard InChI is InChI=1S/C10H16N2O/c1-10(2,3)12-9-8(7-13)5-4-6-11-9/h4-6,13H,7H2,1-3H3,(H,11,12). The van der Waals surface area contributed by atoms with Crippen molar-refractivity contribution >= 4 is 5.82 Å². The third-order valence-electron chi connectivity index (χ3n) is 1.56. The third kappa shape index (κ3) is 3.03. The Morgan fingerprint density at radius 1 is 1.46 bits per heavy atom. The molecule has 1 aromatic heterocycles. The first-order valence-electron chi connectivity index (χ1n) is 4.36. The van der Waals surface area contributed by atoms with Crippen molar-refractivity contribution < 1.29 is 5.11 Å². The average molecular weight is 180 g/mol. The van der Waals surface area contributed by atoms with Crippen LogP contribution in [0.2, 0.25) is 0 Å². The van der Waals surface area contributed by atoms with Crippen molar-refractivity contribution in [3.05, 3.63) is 23.9 Å². The lowest BCUT2D eigenvalue weighted by atomic mass is 10.1. The Balaban J connectivity index is 2.87. The molecule has 1 aromatic rings. The molecule has 3 heteroatoms. The summed E-state index contributed by atoms with van der Waals surface area (Å²) in [4.78, 5) is 4.16. The number of hydrogen-bond acceptors (Lipinski definition) is 3. The van der Waals surface area contributed by atoms with E-state index in [1.54, 1.807) is 6.20 Å². The van der Waals surface area contributed by atoms with Crippen molar-refractivity contribution in [2.24, 2.45) is 0 Å². The van der Waals surface area contributed by atoms with Crippen LogP contribution in [-0.4, -0.2) is 15.6 Å². The normalized spacial score (nSPS) is 11.4. The lowest BCUT2D eigenvalue weighted by molar-refractivity contribution is 0.282. The Labute approximate surface area is 78.8 Å². The molecule has 0 aliphatic heterocycles. The van der Waals surface area contributed by atoms with E-state index in [0.717, 1.165) is 11.4 Å². The van der Waals surface area contributed by atoms with E-state index in [2.05, 4.69) is 31.1 Å². The number of anilines is 1. The van der Waals surface area contributed by atoms with Gasteiger partial charge in [-0.1, -0.05) is 6.07 Å². The van der Waals surface area contributed by atoms with Crippen molar-refractivity contribution in [3.8, 4) is 0 Å². The maximum Gasteiger partial charge on any atom is 0.131 e. The molecule has 0 radical (unpaired) electrons. The van der Waals surface area contributed by atoms with Crippen LogP contribution in [0, 0.1) is 0 Å². The van der Waals surface area contributed by atoms with Gasteiger partial charge >= 0.3 is 0 Å². The zero-order chi connectivity index (χ0) is 9.90. The fraction of sp³-hybridized carbons (Fsp3) is 0.500. The zero-order valence-electron chi connectivity index (χ0n) is 8.33. The van der Waals surface area contributed by atoms with Gasteiger partial charge in [-0.2, -0.15) is 0 Å². The van der Waals surface area contributed by atoms with E-state index in [1.165, 1.54) is 0 Å². The zero-order valence-corrected chi connectivity index (χ0v) is 8.33. The number of aromatic nitrogens is 1. The number of aliphatic hydroxyl groups excluding tert-OH is 1. The van der Waals surface area contributed by atoms with Gasteiger partial charge in [0.2, 0.25) is 0 Å². The number of pyridine rings is 1. The fourth-order valence-corrected chi connectivity index (χ4v) is 1.03. The maximum absolute atomic E-state index is 9.04. The number of hydrogen-bond donors (Lipinski definition) is 2. The van der Waals surface area contributed by atoms with E-state index in [-0.39, 0.29) is 12.1 Å². The van der Waals surface area contributed by atoms with Gasteiger partial charge in [-0.3, -0.25) is 0 Å². The van der Waals surface area contributed by atoms with Crippen molar-refractivity contribution in [1.82, 2.24) is 4.98 Å². The second-order valence-corrected chi connectivity index (χ2v) is 4.04. The van der Waals surface area contributed by atoms with Gasteiger partial charge in [0.05, 0.1) is 6.61 Å². The van der Waals surface area contributed by atoms with Crippen LogP contribution in [0.4, 0.5) is 5.82 Å². The van der Waals surface area contributed by atoms with Gasteiger partial charge in [-0.25, -0.2) is 4.98 Å². The van der Waals surface area contributed by atoms with E-state index in [1.807, 2.05) is 12.1 Å². The highest BCUT2D eigenvalue weighted by Gasteiger charge is 2.11. The van der Waals surface area contributed by atoms with Gasteiger partial charge in [-0.05, 0) is 26.8 Å². The Morgan fingerprint density at radius 2 is 2.15 bits per heavy atom.